The predicted octanol–water partition coefficient (Wildman–Crippen LogP) is 2.41. The molecule has 0 aliphatic heterocycles. The van der Waals surface area contributed by atoms with Gasteiger partial charge >= 0.3 is 0 Å². The van der Waals surface area contributed by atoms with Gasteiger partial charge in [-0.2, -0.15) is 0 Å². The van der Waals surface area contributed by atoms with Crippen molar-refractivity contribution in [2.45, 2.75) is 38.4 Å². The van der Waals surface area contributed by atoms with Crippen LogP contribution in [-0.4, -0.2) is 30.9 Å². The number of ether oxygens (including phenoxy) is 1. The molecular weight excluding hydrogens is 246 g/mol. The van der Waals surface area contributed by atoms with Crippen molar-refractivity contribution in [1.29, 1.82) is 0 Å². The van der Waals surface area contributed by atoms with Crippen LogP contribution in [0, 0.1) is 5.92 Å². The van der Waals surface area contributed by atoms with Crippen molar-refractivity contribution in [2.24, 2.45) is 5.92 Å². The molecule has 1 heterocycles. The standard InChI is InChI=1S/C14H23NO2S/c16-13(9-15-7-6-12-3-1-4-12)10-17-11-14-5-2-8-18-14/h2,5,8,12-13,15-16H,1,3-4,6-7,9-11H2. The molecule has 1 saturated carbocycles. The molecule has 2 N–H and O–H groups in total. The maximum Gasteiger partial charge on any atom is 0.0897 e. The van der Waals surface area contributed by atoms with Crippen LogP contribution in [0.15, 0.2) is 17.5 Å². The normalized spacial score (nSPS) is 17.6. The largest absolute Gasteiger partial charge is 0.389 e. The molecule has 1 fully saturated rings. The number of thiophene rings is 1. The van der Waals surface area contributed by atoms with Gasteiger partial charge in [0.25, 0.3) is 0 Å². The molecule has 0 radical (unpaired) electrons. The molecule has 1 aromatic rings. The van der Waals surface area contributed by atoms with Crippen molar-refractivity contribution < 1.29 is 9.84 Å². The van der Waals surface area contributed by atoms with E-state index in [1.165, 1.54) is 30.6 Å². The predicted molar refractivity (Wildman–Crippen MR) is 74.8 cm³/mol. The summed E-state index contributed by atoms with van der Waals surface area (Å²) in [5.74, 6) is 0.935. The van der Waals surface area contributed by atoms with Gasteiger partial charge in [0, 0.05) is 11.4 Å². The Labute approximate surface area is 113 Å². The zero-order chi connectivity index (χ0) is 12.6. The molecule has 18 heavy (non-hydrogen) atoms. The number of hydrogen-bond donors (Lipinski definition) is 2. The van der Waals surface area contributed by atoms with Crippen LogP contribution >= 0.6 is 11.3 Å². The Morgan fingerprint density at radius 3 is 3.06 bits per heavy atom. The van der Waals surface area contributed by atoms with Gasteiger partial charge in [0.15, 0.2) is 0 Å². The lowest BCUT2D eigenvalue weighted by Crippen LogP contribution is -2.32. The lowest BCUT2D eigenvalue weighted by atomic mass is 9.83. The number of aliphatic hydroxyl groups is 1. The molecule has 1 aromatic heterocycles. The molecule has 0 aromatic carbocycles. The van der Waals surface area contributed by atoms with Crippen molar-refractivity contribution in [2.75, 3.05) is 19.7 Å². The molecule has 0 spiro atoms. The van der Waals surface area contributed by atoms with E-state index in [4.69, 9.17) is 4.74 Å². The van der Waals surface area contributed by atoms with Gasteiger partial charge in [-0.25, -0.2) is 0 Å². The van der Waals surface area contributed by atoms with Crippen molar-refractivity contribution in [3.63, 3.8) is 0 Å². The summed E-state index contributed by atoms with van der Waals surface area (Å²) in [4.78, 5) is 1.21. The average molecular weight is 269 g/mol. The SMILES string of the molecule is OC(CNCCC1CCC1)COCc1cccs1. The quantitative estimate of drug-likeness (QED) is 0.676. The van der Waals surface area contributed by atoms with E-state index in [9.17, 15) is 5.11 Å². The fourth-order valence-corrected chi connectivity index (χ4v) is 2.75. The van der Waals surface area contributed by atoms with Gasteiger partial charge in [-0.05, 0) is 30.3 Å². The van der Waals surface area contributed by atoms with Crippen LogP contribution in [0.3, 0.4) is 0 Å². The van der Waals surface area contributed by atoms with E-state index in [1.54, 1.807) is 11.3 Å². The van der Waals surface area contributed by atoms with Gasteiger partial charge in [0.1, 0.15) is 0 Å². The summed E-state index contributed by atoms with van der Waals surface area (Å²) in [6, 6.07) is 4.07. The van der Waals surface area contributed by atoms with E-state index in [0.717, 1.165) is 12.5 Å². The minimum absolute atomic E-state index is 0.397. The fraction of sp³-hybridized carbons (Fsp3) is 0.714. The maximum absolute atomic E-state index is 9.73. The molecule has 0 amide bonds. The lowest BCUT2D eigenvalue weighted by Gasteiger charge is -2.25. The Morgan fingerprint density at radius 2 is 2.39 bits per heavy atom. The van der Waals surface area contributed by atoms with Crippen molar-refractivity contribution in [3.8, 4) is 0 Å². The van der Waals surface area contributed by atoms with Crippen LogP contribution in [0.2, 0.25) is 0 Å². The van der Waals surface area contributed by atoms with Crippen LogP contribution in [0.5, 0.6) is 0 Å². The third-order valence-electron chi connectivity index (χ3n) is 3.47. The summed E-state index contributed by atoms with van der Waals surface area (Å²) in [6.45, 7) is 2.68. The van der Waals surface area contributed by atoms with E-state index in [-0.39, 0.29) is 0 Å². The van der Waals surface area contributed by atoms with E-state index < -0.39 is 6.10 Å². The average Bonchev–Trinajstić information content (AvgIpc) is 2.79. The van der Waals surface area contributed by atoms with Crippen LogP contribution in [0.4, 0.5) is 0 Å². The maximum atomic E-state index is 9.73. The van der Waals surface area contributed by atoms with E-state index in [1.807, 2.05) is 17.5 Å². The third kappa shape index (κ3) is 5.06. The first kappa shape index (κ1) is 14.0. The summed E-state index contributed by atoms with van der Waals surface area (Å²) in [6.07, 6.45) is 5.06. The number of rotatable bonds is 9. The minimum atomic E-state index is -0.397. The zero-order valence-electron chi connectivity index (χ0n) is 10.8. The van der Waals surface area contributed by atoms with Gasteiger partial charge in [0.05, 0.1) is 19.3 Å². The summed E-state index contributed by atoms with van der Waals surface area (Å²) in [7, 11) is 0. The monoisotopic (exact) mass is 269 g/mol. The highest BCUT2D eigenvalue weighted by Gasteiger charge is 2.16. The smallest absolute Gasteiger partial charge is 0.0897 e. The molecule has 1 unspecified atom stereocenters. The van der Waals surface area contributed by atoms with Gasteiger partial charge < -0.3 is 15.2 Å². The summed E-state index contributed by atoms with van der Waals surface area (Å²) in [5, 5.41) is 15.1. The highest BCUT2D eigenvalue weighted by atomic mass is 32.1. The Bertz CT molecular complexity index is 312. The fourth-order valence-electron chi connectivity index (χ4n) is 2.11. The molecule has 1 aliphatic rings. The first-order chi connectivity index (χ1) is 8.84. The van der Waals surface area contributed by atoms with Crippen molar-refractivity contribution in [3.05, 3.63) is 22.4 Å². The minimum Gasteiger partial charge on any atom is -0.389 e. The Balaban J connectivity index is 1.43. The van der Waals surface area contributed by atoms with E-state index in [0.29, 0.717) is 19.8 Å². The van der Waals surface area contributed by atoms with Crippen molar-refractivity contribution in [1.82, 2.24) is 5.32 Å². The molecule has 1 aliphatic carbocycles. The first-order valence-electron chi connectivity index (χ1n) is 6.83. The van der Waals surface area contributed by atoms with Crippen LogP contribution < -0.4 is 5.32 Å². The summed E-state index contributed by atoms with van der Waals surface area (Å²) < 4.78 is 5.47. The second-order valence-electron chi connectivity index (χ2n) is 5.04. The van der Waals surface area contributed by atoms with Crippen LogP contribution in [0.1, 0.15) is 30.6 Å². The van der Waals surface area contributed by atoms with Gasteiger partial charge in [-0.1, -0.05) is 25.3 Å². The molecule has 1 atom stereocenters. The highest BCUT2D eigenvalue weighted by Crippen LogP contribution is 2.28. The Morgan fingerprint density at radius 1 is 1.50 bits per heavy atom. The third-order valence-corrected chi connectivity index (χ3v) is 4.32. The summed E-state index contributed by atoms with van der Waals surface area (Å²) in [5.41, 5.74) is 0. The van der Waals surface area contributed by atoms with Crippen molar-refractivity contribution >= 4 is 11.3 Å². The lowest BCUT2D eigenvalue weighted by molar-refractivity contribution is 0.0297. The molecule has 0 bridgehead atoms. The zero-order valence-corrected chi connectivity index (χ0v) is 11.6. The molecule has 102 valence electrons. The van der Waals surface area contributed by atoms with Crippen LogP contribution in [-0.2, 0) is 11.3 Å². The van der Waals surface area contributed by atoms with Crippen LogP contribution in [0.25, 0.3) is 0 Å². The Kier molecular flexibility index (Phi) is 6.14. The number of nitrogens with one attached hydrogen (secondary N) is 1. The second kappa shape index (κ2) is 7.89. The molecule has 0 saturated heterocycles. The van der Waals surface area contributed by atoms with E-state index >= 15 is 0 Å². The van der Waals surface area contributed by atoms with Gasteiger partial charge in [0.2, 0.25) is 0 Å². The topological polar surface area (TPSA) is 41.5 Å². The molecule has 2 rings (SSSR count). The highest BCUT2D eigenvalue weighted by molar-refractivity contribution is 7.09. The van der Waals surface area contributed by atoms with Gasteiger partial charge in [-0.3, -0.25) is 0 Å². The first-order valence-corrected chi connectivity index (χ1v) is 7.71. The molecule has 4 heteroatoms. The number of aliphatic hydroxyl groups excluding tert-OH is 1. The second-order valence-corrected chi connectivity index (χ2v) is 6.07. The van der Waals surface area contributed by atoms with Gasteiger partial charge in [-0.15, -0.1) is 11.3 Å². The molecule has 3 nitrogen and oxygen atoms in total. The summed E-state index contributed by atoms with van der Waals surface area (Å²) >= 11 is 1.69. The Hall–Kier alpha value is -0.420. The molecular formula is C14H23NO2S. The number of hydrogen-bond acceptors (Lipinski definition) is 4. The van der Waals surface area contributed by atoms with E-state index in [2.05, 4.69) is 5.32 Å².